The minimum atomic E-state index is 0.749. The molecule has 0 aliphatic rings. The molecule has 96 valence electrons. The third kappa shape index (κ3) is 1.81. The second-order valence-electron chi connectivity index (χ2n) is 6.20. The molecule has 1 nitrogen and oxygen atoms in total. The summed E-state index contributed by atoms with van der Waals surface area (Å²) in [5.74, 6) is 0. The van der Waals surface area contributed by atoms with E-state index in [1.807, 2.05) is 0 Å². The Hall–Kier alpha value is -1.02. The fourth-order valence-electron chi connectivity index (χ4n) is 3.29. The van der Waals surface area contributed by atoms with Crippen LogP contribution in [0.4, 0.5) is 0 Å². The second-order valence-corrected chi connectivity index (χ2v) is 6.58. The van der Waals surface area contributed by atoms with E-state index >= 15 is 0 Å². The number of halogens is 1. The molecule has 0 saturated carbocycles. The van der Waals surface area contributed by atoms with Gasteiger partial charge in [-0.15, -0.1) is 5.46 Å². The van der Waals surface area contributed by atoms with Gasteiger partial charge in [-0.3, -0.25) is 0 Å². The van der Waals surface area contributed by atoms with E-state index in [1.165, 1.54) is 43.5 Å². The van der Waals surface area contributed by atoms with Crippen LogP contribution in [0, 0.1) is 0 Å². The van der Waals surface area contributed by atoms with Crippen LogP contribution in [0.5, 0.6) is 0 Å². The lowest BCUT2D eigenvalue weighted by Gasteiger charge is -2.12. The van der Waals surface area contributed by atoms with Crippen molar-refractivity contribution in [3.05, 3.63) is 5.02 Å². The van der Waals surface area contributed by atoms with E-state index in [-0.39, 0.29) is 0 Å². The molecule has 3 aromatic rings. The van der Waals surface area contributed by atoms with E-state index in [9.17, 15) is 0 Å². The number of rotatable bonds is 0. The van der Waals surface area contributed by atoms with Crippen LogP contribution in [0.3, 0.4) is 0 Å². The summed E-state index contributed by atoms with van der Waals surface area (Å²) >= 11 is 6.57. The SMILES string of the molecule is Bc1c(B)c(B)c2c(oc3c(Cl)c(B)c(B)c(B)c32)c1B. The van der Waals surface area contributed by atoms with Gasteiger partial charge in [-0.05, 0) is 0 Å². The maximum Gasteiger partial charge on any atom is 0.152 e. The van der Waals surface area contributed by atoms with Gasteiger partial charge in [-0.1, -0.05) is 44.4 Å². The molecule has 3 rings (SSSR count). The van der Waals surface area contributed by atoms with E-state index in [2.05, 4.69) is 54.9 Å². The fourth-order valence-corrected chi connectivity index (χ4v) is 3.56. The Kier molecular flexibility index (Phi) is 3.37. The van der Waals surface area contributed by atoms with Crippen LogP contribution in [0.2, 0.25) is 5.02 Å². The summed E-state index contributed by atoms with van der Waals surface area (Å²) in [5, 5.41) is 3.16. The summed E-state index contributed by atoms with van der Waals surface area (Å²) in [7, 11) is 15.0. The van der Waals surface area contributed by atoms with Crippen LogP contribution in [0.25, 0.3) is 21.9 Å². The van der Waals surface area contributed by atoms with Crippen LogP contribution < -0.4 is 38.2 Å². The summed E-state index contributed by atoms with van der Waals surface area (Å²) in [6, 6.07) is 0. The third-order valence-corrected chi connectivity index (χ3v) is 5.80. The molecule has 0 spiro atoms. The molecule has 21 heavy (non-hydrogen) atoms. The Labute approximate surface area is 136 Å². The first-order valence-electron chi connectivity index (χ1n) is 7.35. The molecule has 9 heteroatoms. The summed E-state index contributed by atoms with van der Waals surface area (Å²) in [6.07, 6.45) is 0. The zero-order chi connectivity index (χ0) is 15.6. The first-order chi connectivity index (χ1) is 9.77. The Morgan fingerprint density at radius 3 is 1.52 bits per heavy atom. The number of furan rings is 1. The van der Waals surface area contributed by atoms with Gasteiger partial charge in [0.25, 0.3) is 0 Å². The molecular formula is C12H14B7ClO. The molecular weight excluding hydrogens is 271 g/mol. The Morgan fingerprint density at radius 1 is 0.524 bits per heavy atom. The van der Waals surface area contributed by atoms with E-state index < -0.39 is 0 Å². The standard InChI is InChI=1S/C12H14B7ClO/c13-3-1-2-4(14)6(16)8(18)10(20)12(2)21-11(1)9(19)7(17)5(3)15/h13-19H2. The first-order valence-corrected chi connectivity index (χ1v) is 7.73. The van der Waals surface area contributed by atoms with Crippen LogP contribution in [0.15, 0.2) is 4.42 Å². The molecule has 0 atom stereocenters. The largest absolute Gasteiger partial charge is 0.455 e. The van der Waals surface area contributed by atoms with Crippen LogP contribution >= 0.6 is 11.6 Å². The third-order valence-electron chi connectivity index (χ3n) is 5.34. The van der Waals surface area contributed by atoms with Crippen molar-refractivity contribution in [2.75, 3.05) is 0 Å². The van der Waals surface area contributed by atoms with Crippen molar-refractivity contribution in [1.82, 2.24) is 0 Å². The van der Waals surface area contributed by atoms with Crippen molar-refractivity contribution in [1.29, 1.82) is 0 Å². The van der Waals surface area contributed by atoms with Gasteiger partial charge in [0, 0.05) is 10.8 Å². The lowest BCUT2D eigenvalue weighted by molar-refractivity contribution is 0.672. The molecule has 1 aromatic heterocycles. The van der Waals surface area contributed by atoms with Gasteiger partial charge in [0.05, 0.1) is 5.02 Å². The maximum atomic E-state index is 6.57. The number of hydrogen-bond acceptors (Lipinski definition) is 1. The van der Waals surface area contributed by atoms with Gasteiger partial charge in [0.2, 0.25) is 0 Å². The molecule has 0 saturated heterocycles. The van der Waals surface area contributed by atoms with Gasteiger partial charge < -0.3 is 4.42 Å². The highest BCUT2D eigenvalue weighted by atomic mass is 35.5. The highest BCUT2D eigenvalue weighted by Crippen LogP contribution is 2.27. The molecule has 1 heterocycles. The Balaban J connectivity index is 2.73. The van der Waals surface area contributed by atoms with Gasteiger partial charge in [0.15, 0.2) is 5.58 Å². The molecule has 0 aliphatic carbocycles. The predicted molar refractivity (Wildman–Crippen MR) is 116 cm³/mol. The van der Waals surface area contributed by atoms with Crippen molar-refractivity contribution in [3.8, 4) is 0 Å². The zero-order valence-corrected chi connectivity index (χ0v) is 14.5. The molecule has 0 bridgehead atoms. The highest BCUT2D eigenvalue weighted by Gasteiger charge is 2.20. The molecule has 0 radical (unpaired) electrons. The minimum absolute atomic E-state index is 0.749. The number of fused-ring (bicyclic) bond motifs is 3. The van der Waals surface area contributed by atoms with E-state index in [0.29, 0.717) is 0 Å². The van der Waals surface area contributed by atoms with Crippen LogP contribution in [0.1, 0.15) is 0 Å². The molecule has 2 aromatic carbocycles. The molecule has 0 aliphatic heterocycles. The van der Waals surface area contributed by atoms with Crippen molar-refractivity contribution >= 4 is 127 Å². The minimum Gasteiger partial charge on any atom is -0.455 e. The average molecular weight is 285 g/mol. The molecule has 0 unspecified atom stereocenters. The summed E-state index contributed by atoms with van der Waals surface area (Å²) < 4.78 is 6.22. The second kappa shape index (κ2) is 4.74. The highest BCUT2D eigenvalue weighted by molar-refractivity contribution is 6.69. The zero-order valence-electron chi connectivity index (χ0n) is 13.8. The average Bonchev–Trinajstić information content (AvgIpc) is 2.87. The molecule has 0 N–H and O–H groups in total. The monoisotopic (exact) mass is 286 g/mol. The smallest absolute Gasteiger partial charge is 0.152 e. The first kappa shape index (κ1) is 14.9. The number of hydrogen-bond donors (Lipinski definition) is 0. The van der Waals surface area contributed by atoms with Gasteiger partial charge in [-0.2, -0.15) is 0 Å². The quantitative estimate of drug-likeness (QED) is 0.374. The van der Waals surface area contributed by atoms with E-state index in [4.69, 9.17) is 16.0 Å². The van der Waals surface area contributed by atoms with Gasteiger partial charge in [0.1, 0.15) is 60.5 Å². The maximum absolute atomic E-state index is 6.57. The van der Waals surface area contributed by atoms with Gasteiger partial charge in [-0.25, -0.2) is 0 Å². The van der Waals surface area contributed by atoms with Crippen molar-refractivity contribution in [3.63, 3.8) is 0 Å². The number of benzene rings is 2. The molecule has 0 fully saturated rings. The van der Waals surface area contributed by atoms with Crippen molar-refractivity contribution in [2.24, 2.45) is 0 Å². The normalized spacial score (nSPS) is 11.5. The van der Waals surface area contributed by atoms with E-state index in [1.54, 1.807) is 0 Å². The summed E-state index contributed by atoms with van der Waals surface area (Å²) in [5.41, 5.74) is 10.6. The van der Waals surface area contributed by atoms with Crippen molar-refractivity contribution in [2.45, 2.75) is 0 Å². The molecule has 0 amide bonds. The van der Waals surface area contributed by atoms with Crippen LogP contribution in [-0.4, -0.2) is 54.9 Å². The van der Waals surface area contributed by atoms with Crippen molar-refractivity contribution < 1.29 is 4.42 Å². The fraction of sp³-hybridized carbons (Fsp3) is 0. The summed E-state index contributed by atoms with van der Waals surface area (Å²) in [4.78, 5) is 0. The van der Waals surface area contributed by atoms with E-state index in [0.717, 1.165) is 21.7 Å². The lowest BCUT2D eigenvalue weighted by atomic mass is 9.64. The predicted octanol–water partition coefficient (Wildman–Crippen LogP) is -7.95. The topological polar surface area (TPSA) is 13.1 Å². The summed E-state index contributed by atoms with van der Waals surface area (Å²) in [6.45, 7) is 0. The Bertz CT molecular complexity index is 857. The Morgan fingerprint density at radius 2 is 0.952 bits per heavy atom. The van der Waals surface area contributed by atoms with Crippen LogP contribution in [-0.2, 0) is 0 Å². The van der Waals surface area contributed by atoms with Gasteiger partial charge >= 0.3 is 0 Å². The lowest BCUT2D eigenvalue weighted by Crippen LogP contribution is -2.47.